The summed E-state index contributed by atoms with van der Waals surface area (Å²) < 4.78 is 13.0. The summed E-state index contributed by atoms with van der Waals surface area (Å²) in [5, 5.41) is 6.06. The quantitative estimate of drug-likeness (QED) is 0.514. The highest BCUT2D eigenvalue weighted by Crippen LogP contribution is 2.29. The number of carbonyl (C=O) groups excluding carboxylic acids is 2. The first-order chi connectivity index (χ1) is 15.1. The number of amides is 2. The van der Waals surface area contributed by atoms with Crippen LogP contribution < -0.4 is 20.4 Å². The molecule has 2 aliphatic rings. The van der Waals surface area contributed by atoms with Gasteiger partial charge in [-0.25, -0.2) is 4.39 Å². The van der Waals surface area contributed by atoms with E-state index in [1.165, 1.54) is 33.1 Å². The predicted octanol–water partition coefficient (Wildman–Crippen LogP) is -0.259. The van der Waals surface area contributed by atoms with Crippen LogP contribution in [0.15, 0.2) is 48.5 Å². The van der Waals surface area contributed by atoms with Crippen molar-refractivity contribution in [2.45, 2.75) is 25.3 Å². The highest BCUT2D eigenvalue weighted by atomic mass is 19.1. The summed E-state index contributed by atoms with van der Waals surface area (Å²) >= 11 is 0. The molecule has 164 valence electrons. The van der Waals surface area contributed by atoms with Gasteiger partial charge in [-0.2, -0.15) is 0 Å². The Labute approximate surface area is 182 Å². The molecule has 1 fully saturated rings. The molecule has 0 spiro atoms. The number of carbonyl (C=O) groups is 2. The molecule has 2 amide bonds. The van der Waals surface area contributed by atoms with E-state index in [0.717, 1.165) is 45.4 Å². The SMILES string of the molecule is O=C(C[NH+]1CC[NH+](CC(=O)N[C@H]2CCCc3ccccc32)CC1)Nc1ccc(F)cc1. The van der Waals surface area contributed by atoms with Crippen LogP contribution in [-0.2, 0) is 16.0 Å². The van der Waals surface area contributed by atoms with Crippen LogP contribution in [0.1, 0.15) is 30.0 Å². The molecular formula is C24H31FN4O2+2. The smallest absolute Gasteiger partial charge is 0.279 e. The maximum absolute atomic E-state index is 13.0. The van der Waals surface area contributed by atoms with E-state index in [1.54, 1.807) is 12.1 Å². The Morgan fingerprint density at radius 1 is 0.903 bits per heavy atom. The molecule has 0 unspecified atom stereocenters. The Balaban J connectivity index is 1.19. The van der Waals surface area contributed by atoms with Crippen molar-refractivity contribution in [1.82, 2.24) is 5.32 Å². The van der Waals surface area contributed by atoms with Gasteiger partial charge < -0.3 is 20.4 Å². The summed E-state index contributed by atoms with van der Waals surface area (Å²) in [7, 11) is 0. The third kappa shape index (κ3) is 5.89. The Morgan fingerprint density at radius 3 is 2.26 bits per heavy atom. The second-order valence-electron chi connectivity index (χ2n) is 8.62. The Bertz CT molecular complexity index is 910. The van der Waals surface area contributed by atoms with E-state index in [-0.39, 0.29) is 23.7 Å². The van der Waals surface area contributed by atoms with E-state index in [4.69, 9.17) is 0 Å². The number of hydrogen-bond acceptors (Lipinski definition) is 2. The zero-order valence-corrected chi connectivity index (χ0v) is 17.8. The number of anilines is 1. The molecule has 0 aromatic heterocycles. The normalized spacial score (nSPS) is 22.9. The van der Waals surface area contributed by atoms with Crippen LogP contribution in [-0.4, -0.2) is 51.1 Å². The summed E-state index contributed by atoms with van der Waals surface area (Å²) in [6.07, 6.45) is 3.20. The van der Waals surface area contributed by atoms with Gasteiger partial charge in [-0.1, -0.05) is 24.3 Å². The monoisotopic (exact) mass is 426 g/mol. The van der Waals surface area contributed by atoms with Crippen LogP contribution in [0.4, 0.5) is 10.1 Å². The van der Waals surface area contributed by atoms with Crippen LogP contribution in [0, 0.1) is 5.82 Å². The summed E-state index contributed by atoms with van der Waals surface area (Å²) in [6, 6.07) is 14.3. The van der Waals surface area contributed by atoms with E-state index >= 15 is 0 Å². The second kappa shape index (κ2) is 10.0. The molecule has 0 saturated carbocycles. The molecule has 4 rings (SSSR count). The Morgan fingerprint density at radius 2 is 1.55 bits per heavy atom. The third-order valence-electron chi connectivity index (χ3n) is 6.32. The maximum Gasteiger partial charge on any atom is 0.279 e. The van der Waals surface area contributed by atoms with Crippen LogP contribution >= 0.6 is 0 Å². The minimum Gasteiger partial charge on any atom is -0.344 e. The van der Waals surface area contributed by atoms with Crippen molar-refractivity contribution in [3.8, 4) is 0 Å². The number of halogens is 1. The maximum atomic E-state index is 13.0. The highest BCUT2D eigenvalue weighted by Gasteiger charge is 2.28. The number of piperazine rings is 1. The van der Waals surface area contributed by atoms with Gasteiger partial charge in [0.15, 0.2) is 13.1 Å². The lowest BCUT2D eigenvalue weighted by atomic mass is 9.88. The van der Waals surface area contributed by atoms with Gasteiger partial charge in [-0.15, -0.1) is 0 Å². The molecule has 7 heteroatoms. The number of benzene rings is 2. The zero-order chi connectivity index (χ0) is 21.6. The molecular weight excluding hydrogens is 395 g/mol. The van der Waals surface area contributed by atoms with E-state index < -0.39 is 0 Å². The van der Waals surface area contributed by atoms with Gasteiger partial charge in [0, 0.05) is 5.69 Å². The van der Waals surface area contributed by atoms with Gasteiger partial charge in [0.2, 0.25) is 0 Å². The van der Waals surface area contributed by atoms with Crippen LogP contribution in [0.5, 0.6) is 0 Å². The number of nitrogens with one attached hydrogen (secondary N) is 4. The summed E-state index contributed by atoms with van der Waals surface area (Å²) in [5.74, 6) is -0.285. The minimum atomic E-state index is -0.320. The largest absolute Gasteiger partial charge is 0.344 e. The predicted molar refractivity (Wildman–Crippen MR) is 116 cm³/mol. The standard InChI is InChI=1S/C24H29FN4O2/c25-19-8-10-20(11-9-19)26-23(30)16-28-12-14-29(15-13-28)17-24(31)27-22-7-3-5-18-4-1-2-6-21(18)22/h1-2,4,6,8-11,22H,3,5,7,12-17H2,(H,26,30)(H,27,31)/p+2/t22-/m0/s1. The van der Waals surface area contributed by atoms with Gasteiger partial charge in [-0.05, 0) is 54.7 Å². The number of aryl methyl sites for hydroxylation is 1. The number of hydrogen-bond donors (Lipinski definition) is 4. The summed E-state index contributed by atoms with van der Waals surface area (Å²) in [5.41, 5.74) is 3.22. The van der Waals surface area contributed by atoms with Crippen molar-refractivity contribution in [2.24, 2.45) is 0 Å². The summed E-state index contributed by atoms with van der Waals surface area (Å²) in [6.45, 7) is 4.31. The molecule has 4 N–H and O–H groups in total. The van der Waals surface area contributed by atoms with Crippen molar-refractivity contribution in [3.63, 3.8) is 0 Å². The minimum absolute atomic E-state index is 0.0706. The van der Waals surface area contributed by atoms with Crippen molar-refractivity contribution in [2.75, 3.05) is 44.6 Å². The first-order valence-electron chi connectivity index (χ1n) is 11.2. The fourth-order valence-electron chi connectivity index (χ4n) is 4.65. The molecule has 6 nitrogen and oxygen atoms in total. The van der Waals surface area contributed by atoms with Gasteiger partial charge in [0.25, 0.3) is 11.8 Å². The summed E-state index contributed by atoms with van der Waals surface area (Å²) in [4.78, 5) is 27.4. The fourth-order valence-corrected chi connectivity index (χ4v) is 4.65. The van der Waals surface area contributed by atoms with E-state index in [2.05, 4.69) is 28.8 Å². The van der Waals surface area contributed by atoms with E-state index in [0.29, 0.717) is 18.8 Å². The first kappa shape index (κ1) is 21.5. The lowest BCUT2D eigenvalue weighted by molar-refractivity contribution is -1.00. The lowest BCUT2D eigenvalue weighted by Gasteiger charge is -2.30. The second-order valence-corrected chi connectivity index (χ2v) is 8.62. The molecule has 31 heavy (non-hydrogen) atoms. The first-order valence-corrected chi connectivity index (χ1v) is 11.2. The van der Waals surface area contributed by atoms with E-state index in [1.807, 2.05) is 6.07 Å². The molecule has 1 saturated heterocycles. The molecule has 2 aromatic rings. The van der Waals surface area contributed by atoms with Crippen molar-refractivity contribution in [1.29, 1.82) is 0 Å². The van der Waals surface area contributed by atoms with Gasteiger partial charge >= 0.3 is 0 Å². The van der Waals surface area contributed by atoms with Crippen molar-refractivity contribution < 1.29 is 23.8 Å². The highest BCUT2D eigenvalue weighted by molar-refractivity contribution is 5.91. The van der Waals surface area contributed by atoms with Gasteiger partial charge in [0.1, 0.15) is 32.0 Å². The average molecular weight is 427 g/mol. The van der Waals surface area contributed by atoms with Gasteiger partial charge in [-0.3, -0.25) is 9.59 Å². The third-order valence-corrected chi connectivity index (χ3v) is 6.32. The Hall–Kier alpha value is -2.77. The zero-order valence-electron chi connectivity index (χ0n) is 17.8. The van der Waals surface area contributed by atoms with Crippen LogP contribution in [0.2, 0.25) is 0 Å². The van der Waals surface area contributed by atoms with Crippen molar-refractivity contribution >= 4 is 17.5 Å². The number of fused-ring (bicyclic) bond motifs is 1. The van der Waals surface area contributed by atoms with Crippen LogP contribution in [0.25, 0.3) is 0 Å². The number of quaternary nitrogens is 2. The topological polar surface area (TPSA) is 67.1 Å². The van der Waals surface area contributed by atoms with Crippen molar-refractivity contribution in [3.05, 3.63) is 65.5 Å². The molecule has 1 heterocycles. The fraction of sp³-hybridized carbons (Fsp3) is 0.417. The average Bonchev–Trinajstić information content (AvgIpc) is 2.77. The molecule has 1 atom stereocenters. The van der Waals surface area contributed by atoms with Crippen LogP contribution in [0.3, 0.4) is 0 Å². The molecule has 1 aliphatic heterocycles. The van der Waals surface area contributed by atoms with E-state index in [9.17, 15) is 14.0 Å². The van der Waals surface area contributed by atoms with Gasteiger partial charge in [0.05, 0.1) is 6.04 Å². The molecule has 1 aliphatic carbocycles. The molecule has 0 radical (unpaired) electrons. The molecule has 0 bridgehead atoms. The lowest BCUT2D eigenvalue weighted by Crippen LogP contribution is -3.28. The number of rotatable bonds is 6. The molecule has 2 aromatic carbocycles. The Kier molecular flexibility index (Phi) is 6.94.